The van der Waals surface area contributed by atoms with Crippen molar-refractivity contribution in [2.24, 2.45) is 5.14 Å². The van der Waals surface area contributed by atoms with Crippen molar-refractivity contribution >= 4 is 16.0 Å². The summed E-state index contributed by atoms with van der Waals surface area (Å²) in [6.45, 7) is 4.09. The maximum absolute atomic E-state index is 11.4. The highest BCUT2D eigenvalue weighted by Gasteiger charge is 2.20. The van der Waals surface area contributed by atoms with E-state index in [1.54, 1.807) is 42.5 Å². The molecule has 3 aromatic carbocycles. The molecular formula is C27H29N3O6S. The molecule has 3 aromatic rings. The molecule has 0 aliphatic rings. The molecule has 0 bridgehead atoms. The van der Waals surface area contributed by atoms with E-state index in [1.807, 2.05) is 13.8 Å². The van der Waals surface area contributed by atoms with Crippen LogP contribution in [0.4, 0.5) is 0 Å². The second-order valence-corrected chi connectivity index (χ2v) is 10.9. The largest absolute Gasteiger partial charge is 0.489 e. The lowest BCUT2D eigenvalue weighted by atomic mass is 9.95. The second kappa shape index (κ2) is 11.5. The van der Waals surface area contributed by atoms with Crippen molar-refractivity contribution in [1.82, 2.24) is 5.32 Å². The minimum absolute atomic E-state index is 0.0488. The third-order valence-corrected chi connectivity index (χ3v) is 6.64. The van der Waals surface area contributed by atoms with E-state index in [1.165, 1.54) is 24.3 Å². The van der Waals surface area contributed by atoms with Crippen LogP contribution in [0.25, 0.3) is 11.1 Å². The number of aromatic carboxylic acids is 1. The number of benzene rings is 3. The van der Waals surface area contributed by atoms with Gasteiger partial charge in [0.1, 0.15) is 24.5 Å². The Balaban J connectivity index is 1.59. The molecule has 10 heteroatoms. The number of β-amino-alcohol motifs (C(OH)–C–C–N with tert-alkyl or cyclic N) is 1. The lowest BCUT2D eigenvalue weighted by molar-refractivity contribution is 0.0697. The summed E-state index contributed by atoms with van der Waals surface area (Å²) in [5.41, 5.74) is 2.49. The summed E-state index contributed by atoms with van der Waals surface area (Å²) in [7, 11) is -3.75. The molecule has 194 valence electrons. The van der Waals surface area contributed by atoms with E-state index in [9.17, 15) is 23.6 Å². The standard InChI is InChI=1S/C27H29N3O6S/c1-27(2,14-18-3-11-24(12-4-18)37(29,34)35)30-16-23(31)17-36-25-13-21(9-10-22(25)15-28)19-5-7-20(8-6-19)26(32)33/h3-13,23,30-31H,14,16-17H2,1-2H3,(H,32,33)(H2,29,34,35). The van der Waals surface area contributed by atoms with Crippen molar-refractivity contribution in [3.05, 3.63) is 83.4 Å². The fraction of sp³-hybridized carbons (Fsp3) is 0.259. The number of primary sulfonamides is 1. The average Bonchev–Trinajstić information content (AvgIpc) is 2.85. The summed E-state index contributed by atoms with van der Waals surface area (Å²) in [6.07, 6.45) is -0.290. The monoisotopic (exact) mass is 523 g/mol. The van der Waals surface area contributed by atoms with Crippen LogP contribution in [-0.4, -0.2) is 49.4 Å². The van der Waals surface area contributed by atoms with Crippen molar-refractivity contribution < 1.29 is 28.2 Å². The number of ether oxygens (including phenoxy) is 1. The number of rotatable bonds is 11. The molecular weight excluding hydrogens is 494 g/mol. The van der Waals surface area contributed by atoms with Gasteiger partial charge in [-0.25, -0.2) is 18.4 Å². The van der Waals surface area contributed by atoms with Crippen LogP contribution in [0.2, 0.25) is 0 Å². The number of nitriles is 1. The molecule has 1 atom stereocenters. The number of nitrogens with zero attached hydrogens (tertiary/aromatic N) is 1. The summed E-state index contributed by atoms with van der Waals surface area (Å²) in [5, 5.41) is 37.4. The highest BCUT2D eigenvalue weighted by Crippen LogP contribution is 2.27. The Morgan fingerprint density at radius 3 is 2.27 bits per heavy atom. The molecule has 3 rings (SSSR count). The Bertz CT molecular complexity index is 1400. The highest BCUT2D eigenvalue weighted by atomic mass is 32.2. The third-order valence-electron chi connectivity index (χ3n) is 5.71. The van der Waals surface area contributed by atoms with Gasteiger partial charge in [0.25, 0.3) is 0 Å². The number of nitrogens with one attached hydrogen (secondary N) is 1. The fourth-order valence-corrected chi connectivity index (χ4v) is 4.24. The third kappa shape index (κ3) is 7.87. The molecule has 0 amide bonds. The van der Waals surface area contributed by atoms with Gasteiger partial charge in [0.05, 0.1) is 16.0 Å². The highest BCUT2D eigenvalue weighted by molar-refractivity contribution is 7.89. The van der Waals surface area contributed by atoms with Crippen molar-refractivity contribution in [1.29, 1.82) is 5.26 Å². The zero-order chi connectivity index (χ0) is 27.2. The minimum atomic E-state index is -3.75. The number of hydrogen-bond acceptors (Lipinski definition) is 7. The van der Waals surface area contributed by atoms with Crippen LogP contribution in [-0.2, 0) is 16.4 Å². The Labute approximate surface area is 216 Å². The van der Waals surface area contributed by atoms with Crippen LogP contribution < -0.4 is 15.2 Å². The number of nitrogens with two attached hydrogens (primary N) is 1. The van der Waals surface area contributed by atoms with Gasteiger partial charge in [-0.1, -0.05) is 30.3 Å². The van der Waals surface area contributed by atoms with E-state index < -0.39 is 27.6 Å². The molecule has 0 saturated carbocycles. The van der Waals surface area contributed by atoms with Gasteiger partial charge >= 0.3 is 5.97 Å². The average molecular weight is 524 g/mol. The molecule has 0 aliphatic heterocycles. The van der Waals surface area contributed by atoms with Gasteiger partial charge in [-0.2, -0.15) is 5.26 Å². The van der Waals surface area contributed by atoms with E-state index in [0.29, 0.717) is 17.7 Å². The zero-order valence-electron chi connectivity index (χ0n) is 20.5. The quantitative estimate of drug-likeness (QED) is 0.298. The van der Waals surface area contributed by atoms with Crippen molar-refractivity contribution in [2.45, 2.75) is 36.8 Å². The SMILES string of the molecule is CC(C)(Cc1ccc(S(N)(=O)=O)cc1)NCC(O)COc1cc(-c2ccc(C(=O)O)cc2)ccc1C#N. The van der Waals surface area contributed by atoms with Crippen molar-refractivity contribution in [2.75, 3.05) is 13.2 Å². The number of carboxylic acid groups (broad SMARTS) is 1. The summed E-state index contributed by atoms with van der Waals surface area (Å²) in [4.78, 5) is 11.1. The second-order valence-electron chi connectivity index (χ2n) is 9.30. The molecule has 1 unspecified atom stereocenters. The van der Waals surface area contributed by atoms with Gasteiger partial charge in [-0.15, -0.1) is 0 Å². The molecule has 0 spiro atoms. The Hall–Kier alpha value is -3.75. The van der Waals surface area contributed by atoms with Gasteiger partial charge in [0.2, 0.25) is 10.0 Å². The molecule has 37 heavy (non-hydrogen) atoms. The first-order chi connectivity index (χ1) is 17.4. The van der Waals surface area contributed by atoms with E-state index in [-0.39, 0.29) is 23.6 Å². The molecule has 0 aliphatic carbocycles. The molecule has 0 radical (unpaired) electrons. The lowest BCUT2D eigenvalue weighted by Gasteiger charge is -2.28. The molecule has 9 nitrogen and oxygen atoms in total. The summed E-state index contributed by atoms with van der Waals surface area (Å²) >= 11 is 0. The van der Waals surface area contributed by atoms with Crippen LogP contribution >= 0.6 is 0 Å². The maximum Gasteiger partial charge on any atom is 0.335 e. The fourth-order valence-electron chi connectivity index (χ4n) is 3.73. The van der Waals surface area contributed by atoms with E-state index in [4.69, 9.17) is 15.0 Å². The zero-order valence-corrected chi connectivity index (χ0v) is 21.3. The van der Waals surface area contributed by atoms with Gasteiger partial charge in [-0.05, 0) is 73.4 Å². The van der Waals surface area contributed by atoms with Crippen molar-refractivity contribution in [3.63, 3.8) is 0 Å². The molecule has 0 aromatic heterocycles. The Kier molecular flexibility index (Phi) is 8.68. The van der Waals surface area contributed by atoms with Gasteiger partial charge in [0, 0.05) is 12.1 Å². The predicted octanol–water partition coefficient (Wildman–Crippen LogP) is 2.92. The number of sulfonamides is 1. The van der Waals surface area contributed by atoms with Crippen molar-refractivity contribution in [3.8, 4) is 22.9 Å². The van der Waals surface area contributed by atoms with Gasteiger partial charge in [-0.3, -0.25) is 0 Å². The van der Waals surface area contributed by atoms with E-state index in [2.05, 4.69) is 11.4 Å². The number of hydrogen-bond donors (Lipinski definition) is 4. The first-order valence-electron chi connectivity index (χ1n) is 11.4. The number of carboxylic acids is 1. The molecule has 0 saturated heterocycles. The number of carbonyl (C=O) groups is 1. The first kappa shape index (κ1) is 27.8. The smallest absolute Gasteiger partial charge is 0.335 e. The molecule has 5 N–H and O–H groups in total. The minimum Gasteiger partial charge on any atom is -0.489 e. The number of aliphatic hydroxyl groups excluding tert-OH is 1. The predicted molar refractivity (Wildman–Crippen MR) is 139 cm³/mol. The van der Waals surface area contributed by atoms with Gasteiger partial charge in [0.15, 0.2) is 0 Å². The van der Waals surface area contributed by atoms with E-state index >= 15 is 0 Å². The van der Waals surface area contributed by atoms with Crippen LogP contribution in [0.3, 0.4) is 0 Å². The van der Waals surface area contributed by atoms with E-state index in [0.717, 1.165) is 16.7 Å². The summed E-state index contributed by atoms with van der Waals surface area (Å²) < 4.78 is 28.6. The van der Waals surface area contributed by atoms with Crippen LogP contribution in [0.1, 0.15) is 35.3 Å². The Morgan fingerprint density at radius 1 is 1.08 bits per heavy atom. The topological polar surface area (TPSA) is 163 Å². The van der Waals surface area contributed by atoms with Crippen LogP contribution in [0.5, 0.6) is 5.75 Å². The molecule has 0 fully saturated rings. The summed E-state index contributed by atoms with van der Waals surface area (Å²) in [5.74, 6) is -0.698. The first-order valence-corrected chi connectivity index (χ1v) is 13.0. The summed E-state index contributed by atoms with van der Waals surface area (Å²) in [6, 6.07) is 19.8. The molecule has 0 heterocycles. The van der Waals surface area contributed by atoms with Crippen LogP contribution in [0, 0.1) is 11.3 Å². The normalized spacial score (nSPS) is 12.5. The van der Waals surface area contributed by atoms with Gasteiger partial charge < -0.3 is 20.3 Å². The Morgan fingerprint density at radius 2 is 1.70 bits per heavy atom. The number of aliphatic hydroxyl groups is 1. The maximum atomic E-state index is 11.4. The van der Waals surface area contributed by atoms with Crippen LogP contribution in [0.15, 0.2) is 71.6 Å². The lowest BCUT2D eigenvalue weighted by Crippen LogP contribution is -2.46.